The highest BCUT2D eigenvalue weighted by Gasteiger charge is 2.15. The van der Waals surface area contributed by atoms with E-state index in [0.717, 1.165) is 29.8 Å². The van der Waals surface area contributed by atoms with Crippen LogP contribution >= 0.6 is 24.4 Å². The number of anilines is 1. The zero-order valence-electron chi connectivity index (χ0n) is 32.5. The molecular weight excluding hydrogens is 703 g/mol. The monoisotopic (exact) mass is 753 g/mol. The van der Waals surface area contributed by atoms with E-state index in [1.165, 1.54) is 88.9 Å². The summed E-state index contributed by atoms with van der Waals surface area (Å²) in [5, 5.41) is 2.61. The maximum Gasteiger partial charge on any atom is 0.0314 e. The average molecular weight is 754 g/mol. The van der Waals surface area contributed by atoms with Gasteiger partial charge in [-0.05, 0) is 155 Å². The Bertz CT molecular complexity index is 2400. The first kappa shape index (κ1) is 39.5. The van der Waals surface area contributed by atoms with Gasteiger partial charge in [-0.1, -0.05) is 140 Å². The number of benzene rings is 6. The van der Waals surface area contributed by atoms with E-state index in [0.29, 0.717) is 0 Å². The molecule has 276 valence electrons. The number of thioether (sulfide) groups is 1. The molecule has 2 aliphatic carbocycles. The molecular formula is C52H51NS2. The van der Waals surface area contributed by atoms with Crippen molar-refractivity contribution in [1.82, 2.24) is 0 Å². The molecule has 6 aromatic rings. The molecule has 0 aliphatic heterocycles. The molecule has 0 aromatic heterocycles. The van der Waals surface area contributed by atoms with Crippen LogP contribution in [0.5, 0.6) is 0 Å². The maximum atomic E-state index is 5.62. The molecule has 3 heteroatoms. The van der Waals surface area contributed by atoms with Crippen molar-refractivity contribution in [3.8, 4) is 22.3 Å². The lowest BCUT2D eigenvalue weighted by molar-refractivity contribution is 1.04. The van der Waals surface area contributed by atoms with Crippen molar-refractivity contribution >= 4 is 58.1 Å². The van der Waals surface area contributed by atoms with Gasteiger partial charge in [0, 0.05) is 15.5 Å². The average Bonchev–Trinajstić information content (AvgIpc) is 3.25. The SMILES string of the molecule is C=Cc1c(C)c(C)c(S)c(C)c1-c1ccccc1.CSc1ccc(-c2cccc3ccccc23)cc1C1=CCCC=C1.Nc1ccc(C2=CCCC=C2)cc1. The van der Waals surface area contributed by atoms with Crippen LogP contribution < -0.4 is 5.73 Å². The Morgan fingerprint density at radius 1 is 0.618 bits per heavy atom. The standard InChI is InChI=1S/C23H20S.C17H18S.C12H13N/c1-24-23-15-14-19(16-22(23)18-8-3-2-4-9-18)21-13-7-11-17-10-5-6-12-20(17)21;1-5-15-11(2)12(3)17(18)13(4)16(15)14-9-7-6-8-10-14;13-12-8-6-11(7-9-12)10-4-2-1-3-5-10/h3,5-16H,2,4H2,1H3;5-10,18H,1H2,2-4H3;2,4-9H,1,3,13H2. The molecule has 0 saturated carbocycles. The zero-order chi connectivity index (χ0) is 38.7. The summed E-state index contributed by atoms with van der Waals surface area (Å²) in [6.45, 7) is 10.3. The third-order valence-corrected chi connectivity index (χ3v) is 11.9. The van der Waals surface area contributed by atoms with Crippen LogP contribution in [-0.2, 0) is 0 Å². The first-order chi connectivity index (χ1) is 26.8. The Morgan fingerprint density at radius 3 is 1.91 bits per heavy atom. The molecule has 2 N–H and O–H groups in total. The zero-order valence-corrected chi connectivity index (χ0v) is 34.2. The summed E-state index contributed by atoms with van der Waals surface area (Å²) in [5.74, 6) is 0. The van der Waals surface area contributed by atoms with E-state index in [1.54, 1.807) is 0 Å². The Morgan fingerprint density at radius 2 is 1.25 bits per heavy atom. The lowest BCUT2D eigenvalue weighted by Crippen LogP contribution is -1.97. The van der Waals surface area contributed by atoms with Gasteiger partial charge < -0.3 is 5.73 Å². The van der Waals surface area contributed by atoms with Gasteiger partial charge in [-0.25, -0.2) is 0 Å². The molecule has 55 heavy (non-hydrogen) atoms. The number of rotatable bonds is 6. The number of nitrogen functional groups attached to an aromatic ring is 1. The molecule has 8 rings (SSSR count). The van der Waals surface area contributed by atoms with Gasteiger partial charge in [0.15, 0.2) is 0 Å². The molecule has 0 amide bonds. The van der Waals surface area contributed by atoms with E-state index < -0.39 is 0 Å². The summed E-state index contributed by atoms with van der Waals surface area (Å²) >= 11 is 6.47. The van der Waals surface area contributed by atoms with E-state index in [2.05, 4.69) is 180 Å². The van der Waals surface area contributed by atoms with Crippen molar-refractivity contribution in [1.29, 1.82) is 0 Å². The van der Waals surface area contributed by atoms with Crippen LogP contribution in [0.3, 0.4) is 0 Å². The third-order valence-electron chi connectivity index (χ3n) is 10.4. The highest BCUT2D eigenvalue weighted by molar-refractivity contribution is 7.98. The third kappa shape index (κ3) is 9.36. The van der Waals surface area contributed by atoms with Gasteiger partial charge in [-0.15, -0.1) is 24.4 Å². The lowest BCUT2D eigenvalue weighted by Gasteiger charge is -2.18. The van der Waals surface area contributed by atoms with Gasteiger partial charge in [0.25, 0.3) is 0 Å². The summed E-state index contributed by atoms with van der Waals surface area (Å²) in [6.07, 6.45) is 22.3. The largest absolute Gasteiger partial charge is 0.399 e. The minimum atomic E-state index is 0.823. The topological polar surface area (TPSA) is 26.0 Å². The van der Waals surface area contributed by atoms with Crippen LogP contribution in [0.15, 0.2) is 168 Å². The van der Waals surface area contributed by atoms with E-state index in [9.17, 15) is 0 Å². The van der Waals surface area contributed by atoms with Gasteiger partial charge in [-0.3, -0.25) is 0 Å². The number of thiol groups is 1. The van der Waals surface area contributed by atoms with Crippen molar-refractivity contribution in [2.75, 3.05) is 12.0 Å². The predicted octanol–water partition coefficient (Wildman–Crippen LogP) is 15.2. The van der Waals surface area contributed by atoms with E-state index in [1.807, 2.05) is 36.0 Å². The predicted molar refractivity (Wildman–Crippen MR) is 248 cm³/mol. The van der Waals surface area contributed by atoms with Crippen molar-refractivity contribution in [3.63, 3.8) is 0 Å². The molecule has 2 aliphatic rings. The highest BCUT2D eigenvalue weighted by Crippen LogP contribution is 2.38. The van der Waals surface area contributed by atoms with Crippen molar-refractivity contribution < 1.29 is 0 Å². The second-order valence-corrected chi connectivity index (χ2v) is 15.2. The first-order valence-electron chi connectivity index (χ1n) is 19.1. The highest BCUT2D eigenvalue weighted by atomic mass is 32.2. The van der Waals surface area contributed by atoms with Crippen LogP contribution in [0.1, 0.15) is 59.1 Å². The molecule has 0 fully saturated rings. The normalized spacial score (nSPS) is 13.2. The fourth-order valence-electron chi connectivity index (χ4n) is 7.30. The van der Waals surface area contributed by atoms with Crippen LogP contribution in [0.4, 0.5) is 5.69 Å². The van der Waals surface area contributed by atoms with Crippen molar-refractivity contribution in [2.45, 2.75) is 56.2 Å². The fourth-order valence-corrected chi connectivity index (χ4v) is 8.18. The molecule has 0 radical (unpaired) electrons. The Kier molecular flexibility index (Phi) is 13.6. The van der Waals surface area contributed by atoms with E-state index in [4.69, 9.17) is 5.73 Å². The first-order valence-corrected chi connectivity index (χ1v) is 20.7. The van der Waals surface area contributed by atoms with Crippen molar-refractivity contribution in [3.05, 3.63) is 192 Å². The minimum Gasteiger partial charge on any atom is -0.399 e. The molecule has 0 saturated heterocycles. The van der Waals surface area contributed by atoms with Crippen LogP contribution in [0.2, 0.25) is 0 Å². The number of nitrogens with two attached hydrogens (primary N) is 1. The molecule has 0 unspecified atom stereocenters. The second kappa shape index (κ2) is 18.9. The van der Waals surface area contributed by atoms with E-state index in [-0.39, 0.29) is 0 Å². The van der Waals surface area contributed by atoms with Gasteiger partial charge in [0.1, 0.15) is 0 Å². The molecule has 0 atom stereocenters. The fraction of sp³-hybridized carbons (Fsp3) is 0.154. The second-order valence-electron chi connectivity index (χ2n) is 13.9. The summed E-state index contributed by atoms with van der Waals surface area (Å²) in [5.41, 5.74) is 21.7. The van der Waals surface area contributed by atoms with Crippen molar-refractivity contribution in [2.24, 2.45) is 0 Å². The maximum absolute atomic E-state index is 5.62. The summed E-state index contributed by atoms with van der Waals surface area (Å²) in [4.78, 5) is 2.42. The summed E-state index contributed by atoms with van der Waals surface area (Å²) in [6, 6.07) is 40.5. The number of allylic oxidation sites excluding steroid dienone is 8. The van der Waals surface area contributed by atoms with E-state index >= 15 is 0 Å². The smallest absolute Gasteiger partial charge is 0.0314 e. The van der Waals surface area contributed by atoms with Gasteiger partial charge in [0.05, 0.1) is 0 Å². The van der Waals surface area contributed by atoms with Crippen LogP contribution in [0, 0.1) is 20.8 Å². The number of hydrogen-bond donors (Lipinski definition) is 2. The summed E-state index contributed by atoms with van der Waals surface area (Å²) in [7, 11) is 0. The minimum absolute atomic E-state index is 0.823. The number of fused-ring (bicyclic) bond motifs is 1. The lowest BCUT2D eigenvalue weighted by atomic mass is 9.89. The Hall–Kier alpha value is -5.22. The molecule has 6 aromatic carbocycles. The quantitative estimate of drug-likeness (QED) is 0.101. The van der Waals surface area contributed by atoms with Crippen LogP contribution in [0.25, 0.3) is 50.2 Å². The van der Waals surface area contributed by atoms with Crippen LogP contribution in [-0.4, -0.2) is 6.26 Å². The molecule has 1 nitrogen and oxygen atoms in total. The molecule has 0 spiro atoms. The van der Waals surface area contributed by atoms with Gasteiger partial charge in [-0.2, -0.15) is 0 Å². The number of hydrogen-bond acceptors (Lipinski definition) is 3. The Labute approximate surface area is 338 Å². The molecule has 0 bridgehead atoms. The van der Waals surface area contributed by atoms with Gasteiger partial charge in [0.2, 0.25) is 0 Å². The Balaban J connectivity index is 0.000000147. The van der Waals surface area contributed by atoms with Gasteiger partial charge >= 0.3 is 0 Å². The molecule has 0 heterocycles. The summed E-state index contributed by atoms with van der Waals surface area (Å²) < 4.78 is 0.